The average molecular weight is 268 g/mol. The molecule has 0 amide bonds. The van der Waals surface area contributed by atoms with Gasteiger partial charge in [0.25, 0.3) is 0 Å². The van der Waals surface area contributed by atoms with Gasteiger partial charge in [-0.15, -0.1) is 0 Å². The summed E-state index contributed by atoms with van der Waals surface area (Å²) in [5.74, 6) is -1.43. The largest absolute Gasteiger partial charge is 0.469 e. The second-order valence-corrected chi connectivity index (χ2v) is 5.41. The van der Waals surface area contributed by atoms with Gasteiger partial charge in [-0.05, 0) is 30.5 Å². The van der Waals surface area contributed by atoms with E-state index in [0.717, 1.165) is 5.56 Å². The SMILES string of the molecule is COC(=O)C(C(C)C)C(C)(O)Cc1ccc(F)cc1. The number of carbonyl (C=O) groups excluding carboxylic acids is 1. The highest BCUT2D eigenvalue weighted by Crippen LogP contribution is 2.29. The van der Waals surface area contributed by atoms with Crippen molar-refractivity contribution in [3.63, 3.8) is 0 Å². The highest BCUT2D eigenvalue weighted by atomic mass is 19.1. The van der Waals surface area contributed by atoms with Gasteiger partial charge >= 0.3 is 5.97 Å². The normalized spacial score (nSPS) is 15.9. The third-order valence-corrected chi connectivity index (χ3v) is 3.27. The standard InChI is InChI=1S/C15H21FO3/c1-10(2)13(14(17)19-4)15(3,18)9-11-5-7-12(16)8-6-11/h5-8,10,13,18H,9H2,1-4H3. The van der Waals surface area contributed by atoms with Gasteiger partial charge in [0.2, 0.25) is 0 Å². The highest BCUT2D eigenvalue weighted by molar-refractivity contribution is 5.74. The number of halogens is 1. The van der Waals surface area contributed by atoms with Crippen molar-refractivity contribution >= 4 is 5.97 Å². The number of aliphatic hydroxyl groups is 1. The maximum absolute atomic E-state index is 12.9. The van der Waals surface area contributed by atoms with Crippen LogP contribution >= 0.6 is 0 Å². The summed E-state index contributed by atoms with van der Waals surface area (Å²) in [6, 6.07) is 5.90. The fourth-order valence-electron chi connectivity index (χ4n) is 2.50. The zero-order chi connectivity index (χ0) is 14.6. The molecule has 0 spiro atoms. The van der Waals surface area contributed by atoms with Crippen molar-refractivity contribution in [1.29, 1.82) is 0 Å². The molecule has 1 rings (SSSR count). The molecule has 0 saturated carbocycles. The van der Waals surface area contributed by atoms with Crippen LogP contribution in [0.5, 0.6) is 0 Å². The van der Waals surface area contributed by atoms with Gasteiger partial charge in [-0.3, -0.25) is 4.79 Å². The van der Waals surface area contributed by atoms with E-state index in [4.69, 9.17) is 4.74 Å². The maximum Gasteiger partial charge on any atom is 0.311 e. The van der Waals surface area contributed by atoms with Crippen molar-refractivity contribution < 1.29 is 19.0 Å². The Morgan fingerprint density at radius 3 is 2.32 bits per heavy atom. The first-order chi connectivity index (χ1) is 8.77. The molecule has 0 bridgehead atoms. The molecule has 0 heterocycles. The number of benzene rings is 1. The summed E-state index contributed by atoms with van der Waals surface area (Å²) in [4.78, 5) is 11.8. The molecule has 1 aromatic carbocycles. The number of carbonyl (C=O) groups is 1. The molecule has 0 aromatic heterocycles. The van der Waals surface area contributed by atoms with E-state index in [1.54, 1.807) is 19.1 Å². The summed E-state index contributed by atoms with van der Waals surface area (Å²) >= 11 is 0. The number of hydrogen-bond donors (Lipinski definition) is 1. The van der Waals surface area contributed by atoms with Crippen molar-refractivity contribution in [2.45, 2.75) is 32.8 Å². The molecule has 106 valence electrons. The van der Waals surface area contributed by atoms with Crippen LogP contribution in [-0.2, 0) is 16.0 Å². The molecule has 1 aromatic rings. The van der Waals surface area contributed by atoms with E-state index in [9.17, 15) is 14.3 Å². The van der Waals surface area contributed by atoms with Crippen LogP contribution in [0.1, 0.15) is 26.3 Å². The van der Waals surface area contributed by atoms with E-state index in [1.165, 1.54) is 19.2 Å². The first kappa shape index (κ1) is 15.6. The molecule has 4 heteroatoms. The average Bonchev–Trinajstić information content (AvgIpc) is 2.30. The quantitative estimate of drug-likeness (QED) is 0.835. The molecule has 0 radical (unpaired) electrons. The fraction of sp³-hybridized carbons (Fsp3) is 0.533. The second kappa shape index (κ2) is 6.15. The van der Waals surface area contributed by atoms with Crippen LogP contribution < -0.4 is 0 Å². The molecule has 0 saturated heterocycles. The molecular formula is C15H21FO3. The smallest absolute Gasteiger partial charge is 0.311 e. The third-order valence-electron chi connectivity index (χ3n) is 3.27. The summed E-state index contributed by atoms with van der Waals surface area (Å²) in [5.41, 5.74) is -0.458. The first-order valence-corrected chi connectivity index (χ1v) is 6.32. The Morgan fingerprint density at radius 2 is 1.89 bits per heavy atom. The van der Waals surface area contributed by atoms with Gasteiger partial charge in [0.05, 0.1) is 18.6 Å². The van der Waals surface area contributed by atoms with E-state index >= 15 is 0 Å². The van der Waals surface area contributed by atoms with Gasteiger partial charge in [-0.25, -0.2) is 4.39 Å². The van der Waals surface area contributed by atoms with Crippen LogP contribution in [0.4, 0.5) is 4.39 Å². The van der Waals surface area contributed by atoms with E-state index < -0.39 is 17.5 Å². The Hall–Kier alpha value is -1.42. The number of methoxy groups -OCH3 is 1. The predicted octanol–water partition coefficient (Wildman–Crippen LogP) is 2.56. The Bertz CT molecular complexity index is 424. The Balaban J connectivity index is 2.94. The van der Waals surface area contributed by atoms with Gasteiger partial charge in [0.1, 0.15) is 5.82 Å². The second-order valence-electron chi connectivity index (χ2n) is 5.41. The summed E-state index contributed by atoms with van der Waals surface area (Å²) in [7, 11) is 1.31. The monoisotopic (exact) mass is 268 g/mol. The lowest BCUT2D eigenvalue weighted by molar-refractivity contribution is -0.157. The van der Waals surface area contributed by atoms with Gasteiger partial charge in [-0.2, -0.15) is 0 Å². The van der Waals surface area contributed by atoms with Crippen LogP contribution in [0.15, 0.2) is 24.3 Å². The molecule has 0 aliphatic rings. The van der Waals surface area contributed by atoms with Crippen LogP contribution in [-0.4, -0.2) is 23.8 Å². The summed E-state index contributed by atoms with van der Waals surface area (Å²) in [6.07, 6.45) is 0.269. The molecule has 1 N–H and O–H groups in total. The molecule has 3 nitrogen and oxygen atoms in total. The molecule has 0 aliphatic carbocycles. The van der Waals surface area contributed by atoms with E-state index in [0.29, 0.717) is 0 Å². The summed E-state index contributed by atoms with van der Waals surface area (Å²) < 4.78 is 17.6. The molecule has 2 unspecified atom stereocenters. The Labute approximate surface area is 113 Å². The number of ether oxygens (including phenoxy) is 1. The maximum atomic E-state index is 12.9. The minimum absolute atomic E-state index is 0.0529. The van der Waals surface area contributed by atoms with Crippen LogP contribution in [0.3, 0.4) is 0 Å². The highest BCUT2D eigenvalue weighted by Gasteiger charge is 2.40. The topological polar surface area (TPSA) is 46.5 Å². The summed E-state index contributed by atoms with van der Waals surface area (Å²) in [5, 5.41) is 10.6. The lowest BCUT2D eigenvalue weighted by Crippen LogP contribution is -2.45. The third kappa shape index (κ3) is 4.03. The Morgan fingerprint density at radius 1 is 1.37 bits per heavy atom. The van der Waals surface area contributed by atoms with Gasteiger partial charge in [0, 0.05) is 6.42 Å². The minimum Gasteiger partial charge on any atom is -0.469 e. The van der Waals surface area contributed by atoms with Crippen LogP contribution in [0.25, 0.3) is 0 Å². The first-order valence-electron chi connectivity index (χ1n) is 6.32. The van der Waals surface area contributed by atoms with Crippen molar-refractivity contribution in [2.24, 2.45) is 11.8 Å². The van der Waals surface area contributed by atoms with Gasteiger partial charge < -0.3 is 9.84 Å². The van der Waals surface area contributed by atoms with Crippen molar-refractivity contribution in [3.8, 4) is 0 Å². The van der Waals surface area contributed by atoms with Gasteiger partial charge in [-0.1, -0.05) is 26.0 Å². The zero-order valence-electron chi connectivity index (χ0n) is 11.8. The lowest BCUT2D eigenvalue weighted by atomic mass is 9.77. The van der Waals surface area contributed by atoms with E-state index in [2.05, 4.69) is 0 Å². The van der Waals surface area contributed by atoms with Crippen molar-refractivity contribution in [1.82, 2.24) is 0 Å². The number of rotatable bonds is 5. The zero-order valence-corrected chi connectivity index (χ0v) is 11.8. The fourth-order valence-corrected chi connectivity index (χ4v) is 2.50. The van der Waals surface area contributed by atoms with Crippen LogP contribution in [0.2, 0.25) is 0 Å². The van der Waals surface area contributed by atoms with Crippen LogP contribution in [0, 0.1) is 17.7 Å². The van der Waals surface area contributed by atoms with Crippen molar-refractivity contribution in [3.05, 3.63) is 35.6 Å². The van der Waals surface area contributed by atoms with Gasteiger partial charge in [0.15, 0.2) is 0 Å². The molecule has 0 aliphatic heterocycles. The Kier molecular flexibility index (Phi) is 5.06. The molecule has 2 atom stereocenters. The molecule has 0 fully saturated rings. The summed E-state index contributed by atoms with van der Waals surface area (Å²) in [6.45, 7) is 5.33. The minimum atomic E-state index is -1.24. The van der Waals surface area contributed by atoms with E-state index in [1.807, 2.05) is 13.8 Å². The number of hydrogen-bond acceptors (Lipinski definition) is 3. The lowest BCUT2D eigenvalue weighted by Gasteiger charge is -2.33. The molecule has 19 heavy (non-hydrogen) atoms. The van der Waals surface area contributed by atoms with Crippen molar-refractivity contribution in [2.75, 3.05) is 7.11 Å². The molecular weight excluding hydrogens is 247 g/mol. The predicted molar refractivity (Wildman–Crippen MR) is 71.1 cm³/mol. The number of esters is 1. The van der Waals surface area contributed by atoms with E-state index in [-0.39, 0.29) is 18.2 Å².